The molecule has 0 aliphatic carbocycles. The van der Waals surface area contributed by atoms with Crippen LogP contribution in [-0.2, 0) is 4.74 Å². The normalized spacial score (nSPS) is 16.8. The summed E-state index contributed by atoms with van der Waals surface area (Å²) >= 11 is 0. The lowest BCUT2D eigenvalue weighted by molar-refractivity contribution is 0.0806. The second kappa shape index (κ2) is 11.6. The van der Waals surface area contributed by atoms with E-state index in [0.717, 1.165) is 47.0 Å². The van der Waals surface area contributed by atoms with Gasteiger partial charge in [0.15, 0.2) is 5.82 Å². The number of hydrogen-bond acceptors (Lipinski definition) is 10. The van der Waals surface area contributed by atoms with E-state index in [9.17, 15) is 5.11 Å². The fourth-order valence-corrected chi connectivity index (χ4v) is 4.06. The van der Waals surface area contributed by atoms with Gasteiger partial charge < -0.3 is 35.1 Å². The average Bonchev–Trinajstić information content (AvgIpc) is 3.20. The summed E-state index contributed by atoms with van der Waals surface area (Å²) in [5.74, 6) is 2.65. The molecule has 3 aromatic rings. The minimum atomic E-state index is -0.599. The smallest absolute Gasteiger partial charge is 0.162 e. The number of nitrogens with zero attached hydrogens (tertiary/aromatic N) is 3. The molecule has 188 valence electrons. The van der Waals surface area contributed by atoms with Crippen molar-refractivity contribution in [2.24, 2.45) is 0 Å². The highest BCUT2D eigenvalue weighted by atomic mass is 16.5. The van der Waals surface area contributed by atoms with Crippen molar-refractivity contribution in [3.05, 3.63) is 41.3 Å². The summed E-state index contributed by atoms with van der Waals surface area (Å²) in [6.07, 6.45) is -0.599. The molecule has 0 saturated carbocycles. The maximum atomic E-state index is 9.98. The summed E-state index contributed by atoms with van der Waals surface area (Å²) in [7, 11) is 1.79. The van der Waals surface area contributed by atoms with Gasteiger partial charge in [-0.25, -0.2) is 9.97 Å². The van der Waals surface area contributed by atoms with Crippen molar-refractivity contribution < 1.29 is 19.1 Å². The van der Waals surface area contributed by atoms with Gasteiger partial charge in [-0.1, -0.05) is 17.3 Å². The summed E-state index contributed by atoms with van der Waals surface area (Å²) < 4.78 is 16.8. The number of aryl methyl sites for hydroxylation is 2. The van der Waals surface area contributed by atoms with Gasteiger partial charge in [-0.3, -0.25) is 0 Å². The molecule has 10 nitrogen and oxygen atoms in total. The molecule has 2 aromatic heterocycles. The first-order valence-electron chi connectivity index (χ1n) is 11.9. The Balaban J connectivity index is 1.67. The topological polar surface area (TPSA) is 127 Å². The highest BCUT2D eigenvalue weighted by Gasteiger charge is 2.21. The van der Waals surface area contributed by atoms with E-state index >= 15 is 0 Å². The third kappa shape index (κ3) is 6.15. The highest BCUT2D eigenvalue weighted by Crippen LogP contribution is 2.33. The molecule has 0 bridgehead atoms. The number of morpholine rings is 1. The first-order valence-corrected chi connectivity index (χ1v) is 11.9. The minimum absolute atomic E-state index is 0.187. The van der Waals surface area contributed by atoms with Crippen LogP contribution in [0.5, 0.6) is 5.75 Å². The number of anilines is 1. The predicted molar refractivity (Wildman–Crippen MR) is 134 cm³/mol. The summed E-state index contributed by atoms with van der Waals surface area (Å²) in [6.45, 7) is 9.33. The molecule has 3 heterocycles. The largest absolute Gasteiger partial charge is 0.491 e. The fraction of sp³-hybridized carbons (Fsp3) is 0.480. The third-order valence-electron chi connectivity index (χ3n) is 5.90. The molecule has 1 aromatic carbocycles. The first-order chi connectivity index (χ1) is 17.0. The van der Waals surface area contributed by atoms with Crippen LogP contribution in [0.2, 0.25) is 0 Å². The van der Waals surface area contributed by atoms with Crippen LogP contribution in [0.25, 0.3) is 22.6 Å². The molecule has 10 heteroatoms. The molecule has 0 radical (unpaired) electrons. The molecule has 2 atom stereocenters. The monoisotopic (exact) mass is 482 g/mol. The van der Waals surface area contributed by atoms with E-state index in [1.165, 1.54) is 0 Å². The number of rotatable bonds is 10. The molecule has 1 aliphatic heterocycles. The van der Waals surface area contributed by atoms with Crippen molar-refractivity contribution in [3.8, 4) is 28.4 Å². The van der Waals surface area contributed by atoms with Gasteiger partial charge in [0.05, 0.1) is 30.2 Å². The van der Waals surface area contributed by atoms with Gasteiger partial charge in [-0.05, 0) is 40.0 Å². The maximum absolute atomic E-state index is 9.98. The molecule has 1 fully saturated rings. The summed E-state index contributed by atoms with van der Waals surface area (Å²) in [6, 6.07) is 7.77. The number of likely N-dealkylation sites (N-methyl/N-ethyl adjacent to an activating group) is 1. The summed E-state index contributed by atoms with van der Waals surface area (Å²) in [5.41, 5.74) is 4.15. The Morgan fingerprint density at radius 1 is 1.26 bits per heavy atom. The van der Waals surface area contributed by atoms with Gasteiger partial charge in [0.2, 0.25) is 0 Å². The van der Waals surface area contributed by atoms with E-state index in [2.05, 4.69) is 21.1 Å². The minimum Gasteiger partial charge on any atom is -0.491 e. The predicted octanol–water partition coefficient (Wildman–Crippen LogP) is 2.08. The van der Waals surface area contributed by atoms with E-state index in [4.69, 9.17) is 24.0 Å². The van der Waals surface area contributed by atoms with Crippen LogP contribution in [0.15, 0.2) is 28.8 Å². The molecular weight excluding hydrogens is 448 g/mol. The molecule has 35 heavy (non-hydrogen) atoms. The van der Waals surface area contributed by atoms with E-state index in [0.29, 0.717) is 37.0 Å². The fourth-order valence-electron chi connectivity index (χ4n) is 4.06. The zero-order valence-corrected chi connectivity index (χ0v) is 20.7. The number of ether oxygens (including phenoxy) is 2. The Hall–Kier alpha value is -3.05. The Morgan fingerprint density at radius 3 is 2.83 bits per heavy atom. The Morgan fingerprint density at radius 2 is 2.11 bits per heavy atom. The SMILES string of the molecule is CNCC(O)COc1cccc(-c2nc(NCC3COCCN3)c(C)c(-c3c(C)noc3C)n2)c1. The number of aliphatic hydroxyl groups excluding tert-OH is 1. The lowest BCUT2D eigenvalue weighted by atomic mass is 10.0. The first kappa shape index (κ1) is 25.1. The Bertz CT molecular complexity index is 1110. The Kier molecular flexibility index (Phi) is 8.29. The third-order valence-corrected chi connectivity index (χ3v) is 5.90. The molecule has 0 amide bonds. The molecule has 4 N–H and O–H groups in total. The molecule has 4 rings (SSSR count). The van der Waals surface area contributed by atoms with Crippen molar-refractivity contribution in [2.45, 2.75) is 32.9 Å². The zero-order valence-electron chi connectivity index (χ0n) is 20.7. The highest BCUT2D eigenvalue weighted by molar-refractivity contribution is 5.74. The van der Waals surface area contributed by atoms with Crippen LogP contribution >= 0.6 is 0 Å². The second-order valence-electron chi connectivity index (χ2n) is 8.73. The number of aliphatic hydroxyl groups is 1. The molecular formula is C25H34N6O4. The van der Waals surface area contributed by atoms with Crippen LogP contribution < -0.4 is 20.7 Å². The number of aromatic nitrogens is 3. The van der Waals surface area contributed by atoms with Gasteiger partial charge >= 0.3 is 0 Å². The number of hydrogen-bond donors (Lipinski definition) is 4. The quantitative estimate of drug-likeness (QED) is 0.341. The van der Waals surface area contributed by atoms with Crippen molar-refractivity contribution in [3.63, 3.8) is 0 Å². The van der Waals surface area contributed by atoms with Crippen molar-refractivity contribution >= 4 is 5.82 Å². The standard InChI is InChI=1S/C25H34N6O4/c1-15-23(22-16(2)31-35-17(22)3)29-25(30-24(15)28-11-19-13-33-9-8-27-19)18-6-5-7-21(10-18)34-14-20(32)12-26-4/h5-7,10,19-20,26-27,32H,8-9,11-14H2,1-4H3,(H,28,29,30). The van der Waals surface area contributed by atoms with Gasteiger partial charge in [-0.15, -0.1) is 0 Å². The van der Waals surface area contributed by atoms with E-state index in [-0.39, 0.29) is 12.6 Å². The summed E-state index contributed by atoms with van der Waals surface area (Å²) in [4.78, 5) is 9.79. The van der Waals surface area contributed by atoms with E-state index in [1.54, 1.807) is 7.05 Å². The van der Waals surface area contributed by atoms with Gasteiger partial charge in [-0.2, -0.15) is 0 Å². The van der Waals surface area contributed by atoms with Crippen molar-refractivity contribution in [1.82, 2.24) is 25.8 Å². The lowest BCUT2D eigenvalue weighted by Crippen LogP contribution is -2.45. The Labute approximate surface area is 205 Å². The van der Waals surface area contributed by atoms with Crippen LogP contribution in [-0.4, -0.2) is 78.9 Å². The van der Waals surface area contributed by atoms with E-state index < -0.39 is 6.10 Å². The number of nitrogens with one attached hydrogen (secondary N) is 3. The molecule has 1 aliphatic rings. The van der Waals surface area contributed by atoms with Crippen LogP contribution in [0.4, 0.5) is 5.82 Å². The van der Waals surface area contributed by atoms with E-state index in [1.807, 2.05) is 45.0 Å². The second-order valence-corrected chi connectivity index (χ2v) is 8.73. The van der Waals surface area contributed by atoms with Crippen LogP contribution in [0.1, 0.15) is 17.0 Å². The number of benzene rings is 1. The van der Waals surface area contributed by atoms with Gasteiger partial charge in [0.25, 0.3) is 0 Å². The van der Waals surface area contributed by atoms with Crippen LogP contribution in [0.3, 0.4) is 0 Å². The average molecular weight is 483 g/mol. The van der Waals surface area contributed by atoms with Gasteiger partial charge in [0, 0.05) is 36.8 Å². The van der Waals surface area contributed by atoms with Gasteiger partial charge in [0.1, 0.15) is 30.0 Å². The molecule has 2 unspecified atom stereocenters. The van der Waals surface area contributed by atoms with Crippen LogP contribution in [0, 0.1) is 20.8 Å². The summed E-state index contributed by atoms with van der Waals surface area (Å²) in [5, 5.41) is 24.0. The van der Waals surface area contributed by atoms with Crippen molar-refractivity contribution in [1.29, 1.82) is 0 Å². The molecule has 1 saturated heterocycles. The van der Waals surface area contributed by atoms with Crippen molar-refractivity contribution in [2.75, 3.05) is 51.8 Å². The molecule has 0 spiro atoms. The maximum Gasteiger partial charge on any atom is 0.162 e. The lowest BCUT2D eigenvalue weighted by Gasteiger charge is -2.24. The zero-order chi connectivity index (χ0) is 24.8.